The molecule has 1 heterocycles. The van der Waals surface area contributed by atoms with E-state index >= 15 is 0 Å². The van der Waals surface area contributed by atoms with Gasteiger partial charge in [0.2, 0.25) is 5.91 Å². The number of hydrogen-bond donors (Lipinski definition) is 1. The van der Waals surface area contributed by atoms with Crippen LogP contribution in [0, 0.1) is 6.92 Å². The lowest BCUT2D eigenvalue weighted by Gasteiger charge is -2.30. The Kier molecular flexibility index (Phi) is 4.33. The number of hydrogen-bond acceptors (Lipinski definition) is 3. The second-order valence-corrected chi connectivity index (χ2v) is 4.88. The zero-order valence-corrected chi connectivity index (χ0v) is 10.8. The zero-order valence-electron chi connectivity index (χ0n) is 10.8. The Balaban J connectivity index is 1.89. The maximum atomic E-state index is 12.1. The molecule has 0 atom stereocenters. The number of carbonyl (C=O) groups is 1. The number of benzene rings is 1. The summed E-state index contributed by atoms with van der Waals surface area (Å²) in [6.45, 7) is 3.52. The molecule has 1 aromatic rings. The first-order chi connectivity index (χ1) is 8.69. The highest BCUT2D eigenvalue weighted by atomic mass is 16.6. The molecule has 1 saturated heterocycles. The van der Waals surface area contributed by atoms with Gasteiger partial charge in [0, 0.05) is 13.1 Å². The third kappa shape index (κ3) is 3.31. The summed E-state index contributed by atoms with van der Waals surface area (Å²) < 4.78 is 0. The molecule has 1 fully saturated rings. The van der Waals surface area contributed by atoms with Crippen LogP contribution in [0.3, 0.4) is 0 Å². The molecule has 0 aliphatic carbocycles. The van der Waals surface area contributed by atoms with Gasteiger partial charge >= 0.3 is 0 Å². The highest BCUT2D eigenvalue weighted by Gasteiger charge is 2.22. The minimum absolute atomic E-state index is 0.105. The third-order valence-electron chi connectivity index (χ3n) is 3.42. The van der Waals surface area contributed by atoms with Gasteiger partial charge in [0.05, 0.1) is 12.5 Å². The van der Waals surface area contributed by atoms with Crippen molar-refractivity contribution >= 4 is 5.91 Å². The minimum atomic E-state index is 0.105. The van der Waals surface area contributed by atoms with Crippen molar-refractivity contribution in [3.8, 4) is 0 Å². The molecule has 4 heteroatoms. The number of amides is 1. The first-order valence-corrected chi connectivity index (χ1v) is 6.38. The number of nitrogens with zero attached hydrogens (tertiary/aromatic N) is 1. The predicted octanol–water partition coefficient (Wildman–Crippen LogP) is 1.42. The van der Waals surface area contributed by atoms with Crippen LogP contribution < -0.4 is 5.90 Å². The molecule has 4 nitrogen and oxygen atoms in total. The summed E-state index contributed by atoms with van der Waals surface area (Å²) in [4.78, 5) is 18.8. The number of piperidine rings is 1. The number of rotatable bonds is 3. The van der Waals surface area contributed by atoms with E-state index in [9.17, 15) is 4.79 Å². The maximum absolute atomic E-state index is 12.1. The summed E-state index contributed by atoms with van der Waals surface area (Å²) in [5, 5.41) is 0. The van der Waals surface area contributed by atoms with E-state index in [1.165, 1.54) is 5.56 Å². The Bertz CT molecular complexity index is 412. The van der Waals surface area contributed by atoms with Crippen molar-refractivity contribution in [2.45, 2.75) is 32.3 Å². The van der Waals surface area contributed by atoms with Gasteiger partial charge in [-0.1, -0.05) is 29.8 Å². The van der Waals surface area contributed by atoms with Crippen LogP contribution in [0.15, 0.2) is 24.3 Å². The summed E-state index contributed by atoms with van der Waals surface area (Å²) in [5.74, 6) is 5.35. The lowest BCUT2D eigenvalue weighted by atomic mass is 10.1. The summed E-state index contributed by atoms with van der Waals surface area (Å²) in [6.07, 6.45) is 2.25. The predicted molar refractivity (Wildman–Crippen MR) is 69.8 cm³/mol. The van der Waals surface area contributed by atoms with Crippen molar-refractivity contribution < 1.29 is 9.63 Å². The van der Waals surface area contributed by atoms with Gasteiger partial charge in [0.15, 0.2) is 0 Å². The summed E-state index contributed by atoms with van der Waals surface area (Å²) >= 11 is 0. The highest BCUT2D eigenvalue weighted by Crippen LogP contribution is 2.14. The molecule has 0 radical (unpaired) electrons. The van der Waals surface area contributed by atoms with Crippen molar-refractivity contribution in [3.05, 3.63) is 35.4 Å². The fourth-order valence-corrected chi connectivity index (χ4v) is 2.35. The molecule has 2 N–H and O–H groups in total. The van der Waals surface area contributed by atoms with Crippen LogP contribution in [0.25, 0.3) is 0 Å². The van der Waals surface area contributed by atoms with Gasteiger partial charge in [-0.05, 0) is 25.3 Å². The molecular formula is C14H20N2O2. The second-order valence-electron chi connectivity index (χ2n) is 4.88. The van der Waals surface area contributed by atoms with Crippen molar-refractivity contribution in [2.75, 3.05) is 13.1 Å². The Labute approximate surface area is 108 Å². The van der Waals surface area contributed by atoms with Crippen LogP contribution in [-0.4, -0.2) is 30.0 Å². The molecule has 2 rings (SSSR count). The van der Waals surface area contributed by atoms with E-state index in [4.69, 9.17) is 10.7 Å². The fraction of sp³-hybridized carbons (Fsp3) is 0.500. The molecule has 1 amide bonds. The van der Waals surface area contributed by atoms with E-state index in [0.717, 1.165) is 31.5 Å². The van der Waals surface area contributed by atoms with E-state index in [-0.39, 0.29) is 12.0 Å². The van der Waals surface area contributed by atoms with E-state index in [2.05, 4.69) is 6.07 Å². The van der Waals surface area contributed by atoms with Gasteiger partial charge in [-0.3, -0.25) is 4.79 Å². The normalized spacial score (nSPS) is 16.9. The summed E-state index contributed by atoms with van der Waals surface area (Å²) in [5.41, 5.74) is 2.27. The average Bonchev–Trinajstić information content (AvgIpc) is 2.39. The maximum Gasteiger partial charge on any atom is 0.226 e. The van der Waals surface area contributed by atoms with Gasteiger partial charge in [0.25, 0.3) is 0 Å². The van der Waals surface area contributed by atoms with Crippen molar-refractivity contribution in [1.29, 1.82) is 0 Å². The Morgan fingerprint density at radius 2 is 2.17 bits per heavy atom. The largest absolute Gasteiger partial charge is 0.342 e. The molecule has 18 heavy (non-hydrogen) atoms. The van der Waals surface area contributed by atoms with Gasteiger partial charge < -0.3 is 9.74 Å². The van der Waals surface area contributed by atoms with E-state index in [1.807, 2.05) is 30.0 Å². The Morgan fingerprint density at radius 1 is 1.44 bits per heavy atom. The number of nitrogens with two attached hydrogens (primary N) is 1. The first-order valence-electron chi connectivity index (χ1n) is 6.38. The van der Waals surface area contributed by atoms with Crippen molar-refractivity contribution in [3.63, 3.8) is 0 Å². The van der Waals surface area contributed by atoms with E-state index in [1.54, 1.807) is 0 Å². The smallest absolute Gasteiger partial charge is 0.226 e. The lowest BCUT2D eigenvalue weighted by molar-refractivity contribution is -0.133. The molecule has 0 spiro atoms. The van der Waals surface area contributed by atoms with E-state index in [0.29, 0.717) is 6.42 Å². The molecular weight excluding hydrogens is 228 g/mol. The van der Waals surface area contributed by atoms with Crippen molar-refractivity contribution in [1.82, 2.24) is 4.90 Å². The number of carbonyl (C=O) groups excluding carboxylic acids is 1. The molecule has 0 unspecified atom stereocenters. The highest BCUT2D eigenvalue weighted by molar-refractivity contribution is 5.78. The topological polar surface area (TPSA) is 55.6 Å². The number of likely N-dealkylation sites (tertiary alicyclic amines) is 1. The first kappa shape index (κ1) is 13.1. The van der Waals surface area contributed by atoms with Gasteiger partial charge in [0.1, 0.15) is 0 Å². The van der Waals surface area contributed by atoms with Crippen LogP contribution >= 0.6 is 0 Å². The van der Waals surface area contributed by atoms with Crippen LogP contribution in [0.2, 0.25) is 0 Å². The van der Waals surface area contributed by atoms with Crippen molar-refractivity contribution in [2.24, 2.45) is 5.90 Å². The summed E-state index contributed by atoms with van der Waals surface area (Å²) in [7, 11) is 0. The van der Waals surface area contributed by atoms with Crippen LogP contribution in [0.4, 0.5) is 0 Å². The quantitative estimate of drug-likeness (QED) is 0.823. The Morgan fingerprint density at radius 3 is 2.78 bits per heavy atom. The minimum Gasteiger partial charge on any atom is -0.342 e. The zero-order chi connectivity index (χ0) is 13.0. The molecule has 1 aromatic carbocycles. The van der Waals surface area contributed by atoms with Crippen LogP contribution in [0.5, 0.6) is 0 Å². The number of aryl methyl sites for hydroxylation is 1. The van der Waals surface area contributed by atoms with Gasteiger partial charge in [-0.2, -0.15) is 0 Å². The SMILES string of the molecule is Cc1cccc(CC(=O)N2CCC(ON)CC2)c1. The fourth-order valence-electron chi connectivity index (χ4n) is 2.35. The standard InChI is InChI=1S/C14H20N2O2/c1-11-3-2-4-12(9-11)10-14(17)16-7-5-13(18-15)6-8-16/h2-4,9,13H,5-8,10,15H2,1H3. The van der Waals surface area contributed by atoms with E-state index < -0.39 is 0 Å². The van der Waals surface area contributed by atoms with Gasteiger partial charge in [-0.25, -0.2) is 5.90 Å². The van der Waals surface area contributed by atoms with Gasteiger partial charge in [-0.15, -0.1) is 0 Å². The average molecular weight is 248 g/mol. The second kappa shape index (κ2) is 5.98. The molecule has 0 saturated carbocycles. The lowest BCUT2D eigenvalue weighted by Crippen LogP contribution is -2.42. The van der Waals surface area contributed by atoms with Crippen LogP contribution in [-0.2, 0) is 16.1 Å². The molecule has 0 bridgehead atoms. The summed E-state index contributed by atoms with van der Waals surface area (Å²) in [6, 6.07) is 8.10. The Hall–Kier alpha value is -1.39. The van der Waals surface area contributed by atoms with Crippen LogP contribution in [0.1, 0.15) is 24.0 Å². The molecule has 1 aliphatic rings. The molecule has 0 aromatic heterocycles. The monoisotopic (exact) mass is 248 g/mol. The molecule has 1 aliphatic heterocycles. The molecule has 98 valence electrons. The third-order valence-corrected chi connectivity index (χ3v) is 3.42.